The standard InChI is InChI=1S/C31H25F7N4O2/c1-16(43)25-12-19(14-40-30(25)36)23-5-3-7-39-26(23)18(8-17-9-20(32)13-21(33)10-17)11-22(44)15-42-28-24(27(41-42)29(34)35)4-2-6-31(28,37)38/h3,5,7,9-10,12-14,18,29H,2,4,6,8,11,15H2,1H3/t18-/m1/s1. The van der Waals surface area contributed by atoms with Crippen LogP contribution in [0, 0.1) is 17.6 Å². The number of benzene rings is 1. The first kappa shape index (κ1) is 31.0. The van der Waals surface area contributed by atoms with Gasteiger partial charge in [0.2, 0.25) is 5.95 Å². The zero-order valence-electron chi connectivity index (χ0n) is 23.3. The van der Waals surface area contributed by atoms with E-state index in [0.717, 1.165) is 25.3 Å². The van der Waals surface area contributed by atoms with E-state index in [4.69, 9.17) is 0 Å². The lowest BCUT2D eigenvalue weighted by Gasteiger charge is -2.24. The van der Waals surface area contributed by atoms with Gasteiger partial charge in [-0.3, -0.25) is 19.3 Å². The summed E-state index contributed by atoms with van der Waals surface area (Å²) in [7, 11) is 0. The van der Waals surface area contributed by atoms with E-state index in [-0.39, 0.29) is 47.2 Å². The Morgan fingerprint density at radius 1 is 1.02 bits per heavy atom. The van der Waals surface area contributed by atoms with Gasteiger partial charge >= 0.3 is 0 Å². The van der Waals surface area contributed by atoms with Crippen LogP contribution in [0.15, 0.2) is 48.8 Å². The second-order valence-corrected chi connectivity index (χ2v) is 10.7. The number of aromatic nitrogens is 4. The number of carbonyl (C=O) groups is 2. The number of rotatable bonds is 10. The zero-order valence-corrected chi connectivity index (χ0v) is 23.3. The summed E-state index contributed by atoms with van der Waals surface area (Å²) in [6, 6.07) is 7.18. The molecule has 0 fully saturated rings. The quantitative estimate of drug-likeness (QED) is 0.106. The number of nitrogens with zero attached hydrogens (tertiary/aromatic N) is 4. The van der Waals surface area contributed by atoms with Crippen molar-refractivity contribution in [2.45, 2.75) is 63.8 Å². The lowest BCUT2D eigenvalue weighted by molar-refractivity contribution is -0.120. The molecule has 0 saturated heterocycles. The van der Waals surface area contributed by atoms with Crippen LogP contribution < -0.4 is 0 Å². The highest BCUT2D eigenvalue weighted by molar-refractivity contribution is 5.95. The van der Waals surface area contributed by atoms with Crippen LogP contribution in [0.1, 0.15) is 77.1 Å². The van der Waals surface area contributed by atoms with Crippen molar-refractivity contribution in [3.63, 3.8) is 0 Å². The van der Waals surface area contributed by atoms with Gasteiger partial charge in [-0.15, -0.1) is 0 Å². The third-order valence-corrected chi connectivity index (χ3v) is 7.51. The highest BCUT2D eigenvalue weighted by Gasteiger charge is 2.43. The summed E-state index contributed by atoms with van der Waals surface area (Å²) in [4.78, 5) is 33.5. The van der Waals surface area contributed by atoms with Gasteiger partial charge in [0.05, 0.1) is 11.3 Å². The summed E-state index contributed by atoms with van der Waals surface area (Å²) in [6.45, 7) is 0.401. The van der Waals surface area contributed by atoms with E-state index in [9.17, 15) is 40.3 Å². The molecule has 1 aliphatic rings. The van der Waals surface area contributed by atoms with E-state index in [2.05, 4.69) is 15.1 Å². The third kappa shape index (κ3) is 6.41. The summed E-state index contributed by atoms with van der Waals surface area (Å²) in [6.07, 6.45) is -1.76. The van der Waals surface area contributed by atoms with Crippen LogP contribution in [0.25, 0.3) is 11.1 Å². The second kappa shape index (κ2) is 12.3. The number of fused-ring (bicyclic) bond motifs is 1. The first-order valence-corrected chi connectivity index (χ1v) is 13.7. The lowest BCUT2D eigenvalue weighted by Crippen LogP contribution is -2.27. The van der Waals surface area contributed by atoms with Crippen molar-refractivity contribution in [1.29, 1.82) is 0 Å². The van der Waals surface area contributed by atoms with E-state index >= 15 is 0 Å². The highest BCUT2D eigenvalue weighted by Crippen LogP contribution is 2.43. The van der Waals surface area contributed by atoms with Gasteiger partial charge in [0, 0.05) is 53.9 Å². The van der Waals surface area contributed by atoms with Crippen molar-refractivity contribution in [3.8, 4) is 11.1 Å². The molecule has 0 radical (unpaired) electrons. The Morgan fingerprint density at radius 2 is 1.75 bits per heavy atom. The summed E-state index contributed by atoms with van der Waals surface area (Å²) in [5, 5.41) is 3.69. The van der Waals surface area contributed by atoms with Crippen LogP contribution in [-0.2, 0) is 30.1 Å². The van der Waals surface area contributed by atoms with E-state index in [1.807, 2.05) is 0 Å². The van der Waals surface area contributed by atoms with Gasteiger partial charge in [0.1, 0.15) is 29.6 Å². The van der Waals surface area contributed by atoms with Crippen molar-refractivity contribution in [2.75, 3.05) is 0 Å². The first-order chi connectivity index (χ1) is 20.8. The number of hydrogen-bond donors (Lipinski definition) is 0. The van der Waals surface area contributed by atoms with Gasteiger partial charge in [-0.2, -0.15) is 18.3 Å². The number of hydrogen-bond acceptors (Lipinski definition) is 5. The van der Waals surface area contributed by atoms with E-state index < -0.39 is 78.2 Å². The number of ketones is 2. The Balaban J connectivity index is 1.54. The number of carbonyl (C=O) groups excluding carboxylic acids is 2. The number of pyridine rings is 2. The molecule has 0 aliphatic heterocycles. The van der Waals surface area contributed by atoms with Crippen molar-refractivity contribution >= 4 is 11.6 Å². The van der Waals surface area contributed by atoms with Gasteiger partial charge < -0.3 is 0 Å². The fraction of sp³-hybridized carbons (Fsp3) is 0.323. The van der Waals surface area contributed by atoms with E-state index in [1.165, 1.54) is 12.3 Å². The van der Waals surface area contributed by atoms with Gasteiger partial charge in [0.15, 0.2) is 11.6 Å². The van der Waals surface area contributed by atoms with E-state index in [1.54, 1.807) is 12.1 Å². The van der Waals surface area contributed by atoms with Crippen LogP contribution in [0.3, 0.4) is 0 Å². The maximum atomic E-state index is 14.9. The minimum Gasteiger partial charge on any atom is -0.298 e. The molecule has 1 atom stereocenters. The SMILES string of the molecule is CC(=O)c1cc(-c2cccnc2[C@@H](CC(=O)Cn2nc(C(F)F)c3c2C(F)(F)CCC3)Cc2cc(F)cc(F)c2)cnc1F. The van der Waals surface area contributed by atoms with Crippen LogP contribution in [0.5, 0.6) is 0 Å². The molecule has 4 aromatic rings. The molecular weight excluding hydrogens is 593 g/mol. The van der Waals surface area contributed by atoms with E-state index in [0.29, 0.717) is 16.3 Å². The fourth-order valence-corrected chi connectivity index (χ4v) is 5.68. The molecule has 0 unspecified atom stereocenters. The Hall–Kier alpha value is -4.42. The van der Waals surface area contributed by atoms with Crippen LogP contribution in [0.4, 0.5) is 30.7 Å². The molecule has 6 nitrogen and oxygen atoms in total. The number of halogens is 7. The van der Waals surface area contributed by atoms with Gasteiger partial charge in [-0.1, -0.05) is 6.07 Å². The summed E-state index contributed by atoms with van der Waals surface area (Å²) in [5.41, 5.74) is -1.11. The molecule has 0 amide bonds. The predicted octanol–water partition coefficient (Wildman–Crippen LogP) is 7.31. The largest absolute Gasteiger partial charge is 0.298 e. The van der Waals surface area contributed by atoms with Crippen LogP contribution in [-0.4, -0.2) is 31.3 Å². The first-order valence-electron chi connectivity index (χ1n) is 13.7. The Labute approximate surface area is 247 Å². The van der Waals surface area contributed by atoms with Gasteiger partial charge in [0.25, 0.3) is 12.3 Å². The molecule has 3 aromatic heterocycles. The fourth-order valence-electron chi connectivity index (χ4n) is 5.68. The molecule has 230 valence electrons. The summed E-state index contributed by atoms with van der Waals surface area (Å²) < 4.78 is 100. The van der Waals surface area contributed by atoms with Crippen molar-refractivity contribution in [1.82, 2.24) is 19.7 Å². The topological polar surface area (TPSA) is 77.7 Å². The molecule has 0 saturated carbocycles. The van der Waals surface area contributed by atoms with Crippen molar-refractivity contribution in [3.05, 3.63) is 100 Å². The maximum absolute atomic E-state index is 14.9. The minimum atomic E-state index is -3.47. The van der Waals surface area contributed by atoms with Crippen LogP contribution in [0.2, 0.25) is 0 Å². The molecule has 0 spiro atoms. The third-order valence-electron chi connectivity index (χ3n) is 7.51. The van der Waals surface area contributed by atoms with Crippen molar-refractivity contribution < 1.29 is 40.3 Å². The molecule has 0 N–H and O–H groups in total. The van der Waals surface area contributed by atoms with Crippen LogP contribution >= 0.6 is 0 Å². The Bertz CT molecular complexity index is 1720. The summed E-state index contributed by atoms with van der Waals surface area (Å²) >= 11 is 0. The van der Waals surface area contributed by atoms with Gasteiger partial charge in [-0.05, 0) is 56.0 Å². The molecule has 44 heavy (non-hydrogen) atoms. The second-order valence-electron chi connectivity index (χ2n) is 10.7. The Morgan fingerprint density at radius 3 is 2.43 bits per heavy atom. The van der Waals surface area contributed by atoms with Gasteiger partial charge in [-0.25, -0.2) is 22.5 Å². The Kier molecular flexibility index (Phi) is 8.66. The molecule has 13 heteroatoms. The molecular formula is C31H25F7N4O2. The smallest absolute Gasteiger partial charge is 0.289 e. The minimum absolute atomic E-state index is 0.0162. The number of Topliss-reactive ketones (excluding diaryl/α,β-unsaturated/α-hetero) is 2. The highest BCUT2D eigenvalue weighted by atomic mass is 19.3. The summed E-state index contributed by atoms with van der Waals surface area (Å²) in [5.74, 6) is -8.40. The van der Waals surface area contributed by atoms with Crippen molar-refractivity contribution in [2.24, 2.45) is 0 Å². The monoisotopic (exact) mass is 618 g/mol. The predicted molar refractivity (Wildman–Crippen MR) is 144 cm³/mol. The lowest BCUT2D eigenvalue weighted by atomic mass is 9.86. The normalized spacial score (nSPS) is 14.8. The number of alkyl halides is 4. The molecule has 3 heterocycles. The molecule has 5 rings (SSSR count). The molecule has 0 bridgehead atoms. The molecule has 1 aliphatic carbocycles. The molecule has 1 aromatic carbocycles. The maximum Gasteiger partial charge on any atom is 0.289 e. The average Bonchev–Trinajstić information content (AvgIpc) is 3.32. The zero-order chi connectivity index (χ0) is 31.8. The average molecular weight is 619 g/mol.